The van der Waals surface area contributed by atoms with E-state index >= 15 is 0 Å². The van der Waals surface area contributed by atoms with Crippen LogP contribution >= 0.6 is 0 Å². The average Bonchev–Trinajstić information content (AvgIpc) is 3.29. The topological polar surface area (TPSA) is 99.5 Å². The number of nitrogens with two attached hydrogens (primary N) is 1. The maximum atomic E-state index is 12.8. The van der Waals surface area contributed by atoms with Crippen molar-refractivity contribution in [2.24, 2.45) is 7.05 Å². The molecule has 29 heavy (non-hydrogen) atoms. The van der Waals surface area contributed by atoms with Crippen LogP contribution in [0.5, 0.6) is 0 Å². The van der Waals surface area contributed by atoms with Gasteiger partial charge in [-0.05, 0) is 37.4 Å². The van der Waals surface area contributed by atoms with E-state index in [1.165, 1.54) is 12.3 Å². The molecular weight excluding hydrogens is 378 g/mol. The molecule has 3 N–H and O–H groups in total. The van der Waals surface area contributed by atoms with Crippen LogP contribution in [0.25, 0.3) is 22.3 Å². The minimum absolute atomic E-state index is 0.0541. The first-order valence-electron chi connectivity index (χ1n) is 8.92. The van der Waals surface area contributed by atoms with E-state index in [4.69, 9.17) is 5.73 Å². The molecule has 0 amide bonds. The van der Waals surface area contributed by atoms with Gasteiger partial charge in [0, 0.05) is 30.5 Å². The molecule has 10 heteroatoms. The maximum Gasteiger partial charge on any atom is 0.333 e. The summed E-state index contributed by atoms with van der Waals surface area (Å²) in [6.45, 7) is 0.883. The summed E-state index contributed by atoms with van der Waals surface area (Å²) in [5.41, 5.74) is 7.33. The van der Waals surface area contributed by atoms with Gasteiger partial charge in [0.1, 0.15) is 0 Å². The third kappa shape index (κ3) is 3.60. The Balaban J connectivity index is 1.67. The van der Waals surface area contributed by atoms with Crippen molar-refractivity contribution in [3.63, 3.8) is 0 Å². The summed E-state index contributed by atoms with van der Waals surface area (Å²) < 4.78 is 28.3. The van der Waals surface area contributed by atoms with Gasteiger partial charge in [0.25, 0.3) is 0 Å². The smallest absolute Gasteiger partial charge is 0.333 e. The zero-order valence-electron chi connectivity index (χ0n) is 16.1. The molecule has 3 aromatic heterocycles. The fraction of sp³-hybridized carbons (Fsp3) is 0.263. The highest BCUT2D eigenvalue weighted by Gasteiger charge is 2.26. The highest BCUT2D eigenvalue weighted by molar-refractivity contribution is 5.84. The van der Waals surface area contributed by atoms with Crippen LogP contribution in [-0.4, -0.2) is 29.3 Å². The molecule has 0 bridgehead atoms. The number of nitrogens with zero attached hydrogens (tertiary/aromatic N) is 6. The number of nitrogen functional groups attached to an aromatic ring is 1. The number of hydrogen-bond acceptors (Lipinski definition) is 6. The van der Waals surface area contributed by atoms with E-state index in [1.54, 1.807) is 13.8 Å². The molecule has 0 saturated heterocycles. The van der Waals surface area contributed by atoms with Crippen LogP contribution in [0.15, 0.2) is 42.7 Å². The lowest BCUT2D eigenvalue weighted by molar-refractivity contribution is 0.0558. The van der Waals surface area contributed by atoms with E-state index in [-0.39, 0.29) is 11.9 Å². The number of rotatable bonds is 5. The fourth-order valence-electron chi connectivity index (χ4n) is 3.10. The Hall–Kier alpha value is -3.56. The van der Waals surface area contributed by atoms with Gasteiger partial charge in [-0.15, -0.1) is 0 Å². The van der Waals surface area contributed by atoms with Crippen molar-refractivity contribution in [2.45, 2.75) is 25.9 Å². The van der Waals surface area contributed by atoms with Gasteiger partial charge in [0.05, 0.1) is 11.2 Å². The number of anilines is 2. The van der Waals surface area contributed by atoms with E-state index in [1.807, 2.05) is 42.1 Å². The Morgan fingerprint density at radius 3 is 2.59 bits per heavy atom. The second kappa shape index (κ2) is 6.80. The van der Waals surface area contributed by atoms with Crippen LogP contribution in [0.3, 0.4) is 0 Å². The molecule has 0 saturated carbocycles. The van der Waals surface area contributed by atoms with Crippen molar-refractivity contribution < 1.29 is 8.78 Å². The van der Waals surface area contributed by atoms with Crippen LogP contribution < -0.4 is 11.1 Å². The molecule has 0 aliphatic carbocycles. The molecule has 4 rings (SSSR count). The predicted octanol–water partition coefficient (Wildman–Crippen LogP) is 3.55. The third-order valence-electron chi connectivity index (χ3n) is 4.67. The number of benzene rings is 1. The quantitative estimate of drug-likeness (QED) is 0.533. The Morgan fingerprint density at radius 2 is 1.86 bits per heavy atom. The molecule has 0 spiro atoms. The summed E-state index contributed by atoms with van der Waals surface area (Å²) in [5, 5.41) is 8.13. The highest BCUT2D eigenvalue weighted by Crippen LogP contribution is 2.27. The molecule has 0 unspecified atom stereocenters. The number of hydrogen-bond donors (Lipinski definition) is 2. The first-order valence-corrected chi connectivity index (χ1v) is 8.92. The van der Waals surface area contributed by atoms with Crippen LogP contribution in [0, 0.1) is 0 Å². The molecule has 0 atom stereocenters. The minimum atomic E-state index is -2.70. The first kappa shape index (κ1) is 18.8. The Morgan fingerprint density at radius 1 is 1.07 bits per heavy atom. The predicted molar refractivity (Wildman–Crippen MR) is 106 cm³/mol. The number of aromatic nitrogens is 6. The lowest BCUT2D eigenvalue weighted by atomic mass is 10.0. The molecule has 0 fully saturated rings. The highest BCUT2D eigenvalue weighted by atomic mass is 19.3. The van der Waals surface area contributed by atoms with Crippen molar-refractivity contribution in [3.8, 4) is 11.4 Å². The number of fused-ring (bicyclic) bond motifs is 1. The average molecular weight is 398 g/mol. The van der Waals surface area contributed by atoms with Crippen molar-refractivity contribution >= 4 is 22.8 Å². The summed E-state index contributed by atoms with van der Waals surface area (Å²) in [6, 6.07) is 9.42. The van der Waals surface area contributed by atoms with Gasteiger partial charge in [-0.1, -0.05) is 12.1 Å². The van der Waals surface area contributed by atoms with Gasteiger partial charge in [-0.25, -0.2) is 4.68 Å². The molecule has 150 valence electrons. The number of nitrogens with one attached hydrogen (secondary N) is 1. The van der Waals surface area contributed by atoms with Gasteiger partial charge < -0.3 is 15.6 Å². The third-order valence-corrected chi connectivity index (χ3v) is 4.67. The van der Waals surface area contributed by atoms with Crippen molar-refractivity contribution in [1.29, 1.82) is 0 Å². The minimum Gasteiger partial charge on any atom is -0.368 e. The second-order valence-corrected chi connectivity index (χ2v) is 7.25. The number of aryl methyl sites for hydroxylation is 1. The van der Waals surface area contributed by atoms with Crippen molar-refractivity contribution in [2.75, 3.05) is 11.1 Å². The summed E-state index contributed by atoms with van der Waals surface area (Å²) >= 11 is 0. The van der Waals surface area contributed by atoms with Crippen LogP contribution in [0.2, 0.25) is 0 Å². The first-order chi connectivity index (χ1) is 13.7. The second-order valence-electron chi connectivity index (χ2n) is 7.25. The van der Waals surface area contributed by atoms with Crippen LogP contribution in [-0.2, 0) is 12.6 Å². The lowest BCUT2D eigenvalue weighted by Crippen LogP contribution is -2.30. The zero-order valence-corrected chi connectivity index (χ0v) is 16.1. The lowest BCUT2D eigenvalue weighted by Gasteiger charge is -2.24. The standard InChI is InChI=1S/C19H20F2N8/c1-19(2,14-7-9-29(27-14)16(20)21)26-18-24-15(23-17(22)25-18)12-5-4-11-6-8-28(3)13(11)10-12/h4-10,16H,1-3H3,(H3,22,23,24,25,26). The molecular formula is C19H20F2N8. The number of halogens is 2. The van der Waals surface area contributed by atoms with E-state index in [0.29, 0.717) is 16.2 Å². The van der Waals surface area contributed by atoms with Crippen molar-refractivity contribution in [1.82, 2.24) is 29.3 Å². The maximum absolute atomic E-state index is 12.8. The number of alkyl halides is 2. The zero-order chi connectivity index (χ0) is 20.8. The monoisotopic (exact) mass is 398 g/mol. The summed E-state index contributed by atoms with van der Waals surface area (Å²) in [6.07, 6.45) is 3.20. The molecule has 0 aliphatic rings. The summed E-state index contributed by atoms with van der Waals surface area (Å²) in [5.74, 6) is 0.700. The van der Waals surface area contributed by atoms with Gasteiger partial charge in [0.2, 0.25) is 11.9 Å². The fourth-order valence-corrected chi connectivity index (χ4v) is 3.10. The normalized spacial score (nSPS) is 12.1. The van der Waals surface area contributed by atoms with E-state index in [2.05, 4.69) is 25.4 Å². The van der Waals surface area contributed by atoms with E-state index < -0.39 is 12.1 Å². The Bertz CT molecular complexity index is 1180. The Labute approximate surface area is 165 Å². The summed E-state index contributed by atoms with van der Waals surface area (Å²) in [4.78, 5) is 12.9. The molecule has 8 nitrogen and oxygen atoms in total. The van der Waals surface area contributed by atoms with Crippen molar-refractivity contribution in [3.05, 3.63) is 48.4 Å². The van der Waals surface area contributed by atoms with Crippen LogP contribution in [0.1, 0.15) is 26.1 Å². The largest absolute Gasteiger partial charge is 0.368 e. The van der Waals surface area contributed by atoms with Gasteiger partial charge in [-0.2, -0.15) is 28.8 Å². The molecule has 0 aliphatic heterocycles. The Kier molecular flexibility index (Phi) is 4.40. The SMILES string of the molecule is Cn1ccc2ccc(-c3nc(N)nc(NC(C)(C)c4ccn(C(F)F)n4)n3)cc21. The van der Waals surface area contributed by atoms with E-state index in [9.17, 15) is 8.78 Å². The summed E-state index contributed by atoms with van der Waals surface area (Å²) in [7, 11) is 1.96. The van der Waals surface area contributed by atoms with Gasteiger partial charge in [-0.3, -0.25) is 0 Å². The molecule has 4 aromatic rings. The molecule has 3 heterocycles. The van der Waals surface area contributed by atoms with Gasteiger partial charge in [0.15, 0.2) is 5.82 Å². The molecule has 0 radical (unpaired) electrons. The van der Waals surface area contributed by atoms with Gasteiger partial charge >= 0.3 is 6.55 Å². The van der Waals surface area contributed by atoms with E-state index in [0.717, 1.165) is 16.5 Å². The van der Waals surface area contributed by atoms with Crippen LogP contribution in [0.4, 0.5) is 20.7 Å². The molecule has 1 aromatic carbocycles.